The highest BCUT2D eigenvalue weighted by Crippen LogP contribution is 2.26. The molecule has 1 aromatic carbocycles. The Bertz CT molecular complexity index is 531. The average Bonchev–Trinajstić information content (AvgIpc) is 2.45. The van der Waals surface area contributed by atoms with Crippen molar-refractivity contribution in [3.63, 3.8) is 0 Å². The Labute approximate surface area is 121 Å². The lowest BCUT2D eigenvalue weighted by molar-refractivity contribution is -0.384. The van der Waals surface area contributed by atoms with Gasteiger partial charge in [0.25, 0.3) is 11.6 Å². The SMILES string of the molecule is CCNC(=O)c1ccc(NCC(C)(O)CO)c([N+](=O)[O-])c1. The van der Waals surface area contributed by atoms with E-state index in [2.05, 4.69) is 10.6 Å². The molecule has 0 saturated carbocycles. The Morgan fingerprint density at radius 2 is 2.14 bits per heavy atom. The number of nitro benzene ring substituents is 1. The molecule has 0 aliphatic carbocycles. The van der Waals surface area contributed by atoms with E-state index in [1.54, 1.807) is 6.92 Å². The summed E-state index contributed by atoms with van der Waals surface area (Å²) in [4.78, 5) is 22.1. The van der Waals surface area contributed by atoms with E-state index >= 15 is 0 Å². The molecular formula is C13H19N3O5. The van der Waals surface area contributed by atoms with Gasteiger partial charge in [0.2, 0.25) is 0 Å². The molecule has 1 unspecified atom stereocenters. The van der Waals surface area contributed by atoms with Crippen molar-refractivity contribution in [2.24, 2.45) is 0 Å². The van der Waals surface area contributed by atoms with Crippen LogP contribution in [0.1, 0.15) is 24.2 Å². The van der Waals surface area contributed by atoms with Crippen molar-refractivity contribution in [3.8, 4) is 0 Å². The van der Waals surface area contributed by atoms with Crippen LogP contribution >= 0.6 is 0 Å². The van der Waals surface area contributed by atoms with Crippen LogP contribution in [0.4, 0.5) is 11.4 Å². The monoisotopic (exact) mass is 297 g/mol. The molecule has 0 bridgehead atoms. The van der Waals surface area contributed by atoms with Gasteiger partial charge >= 0.3 is 0 Å². The number of aliphatic hydroxyl groups is 2. The van der Waals surface area contributed by atoms with Gasteiger partial charge in [-0.25, -0.2) is 0 Å². The molecule has 0 aliphatic heterocycles. The number of rotatable bonds is 7. The van der Waals surface area contributed by atoms with Crippen LogP contribution in [-0.2, 0) is 0 Å². The quantitative estimate of drug-likeness (QED) is 0.429. The van der Waals surface area contributed by atoms with Gasteiger partial charge in [0.05, 0.1) is 11.5 Å². The molecule has 0 heterocycles. The van der Waals surface area contributed by atoms with E-state index in [1.165, 1.54) is 25.1 Å². The predicted molar refractivity (Wildman–Crippen MR) is 77.3 cm³/mol. The molecule has 0 radical (unpaired) electrons. The first-order valence-electron chi connectivity index (χ1n) is 6.44. The van der Waals surface area contributed by atoms with Crippen molar-refractivity contribution in [2.75, 3.05) is 25.0 Å². The summed E-state index contributed by atoms with van der Waals surface area (Å²) < 4.78 is 0. The third kappa shape index (κ3) is 4.69. The van der Waals surface area contributed by atoms with Gasteiger partial charge < -0.3 is 20.8 Å². The molecule has 0 aliphatic rings. The number of aliphatic hydroxyl groups excluding tert-OH is 1. The minimum Gasteiger partial charge on any atom is -0.393 e. The van der Waals surface area contributed by atoms with Gasteiger partial charge in [0.1, 0.15) is 11.3 Å². The maximum absolute atomic E-state index is 11.7. The van der Waals surface area contributed by atoms with Crippen molar-refractivity contribution in [2.45, 2.75) is 19.4 Å². The standard InChI is InChI=1S/C13H19N3O5/c1-3-14-12(18)9-4-5-10(11(6-9)16(20)21)15-7-13(2,19)8-17/h4-6,15,17,19H,3,7-8H2,1-2H3,(H,14,18). The molecule has 8 nitrogen and oxygen atoms in total. The Morgan fingerprint density at radius 1 is 1.48 bits per heavy atom. The molecule has 116 valence electrons. The van der Waals surface area contributed by atoms with E-state index in [1.807, 2.05) is 0 Å². The number of carbonyl (C=O) groups excluding carboxylic acids is 1. The van der Waals surface area contributed by atoms with Crippen molar-refractivity contribution in [1.29, 1.82) is 0 Å². The summed E-state index contributed by atoms with van der Waals surface area (Å²) in [6.45, 7) is 3.02. The maximum atomic E-state index is 11.7. The fourth-order valence-electron chi connectivity index (χ4n) is 1.58. The fraction of sp³-hybridized carbons (Fsp3) is 0.462. The number of nitro groups is 1. The number of hydrogen-bond donors (Lipinski definition) is 4. The highest BCUT2D eigenvalue weighted by Gasteiger charge is 2.22. The smallest absolute Gasteiger partial charge is 0.293 e. The zero-order valence-electron chi connectivity index (χ0n) is 11.9. The lowest BCUT2D eigenvalue weighted by Gasteiger charge is -2.21. The van der Waals surface area contributed by atoms with Gasteiger partial charge in [-0.15, -0.1) is 0 Å². The Hall–Kier alpha value is -2.19. The molecule has 21 heavy (non-hydrogen) atoms. The number of nitrogens with one attached hydrogen (secondary N) is 2. The zero-order valence-corrected chi connectivity index (χ0v) is 11.9. The third-order valence-electron chi connectivity index (χ3n) is 2.79. The van der Waals surface area contributed by atoms with E-state index < -0.39 is 23.0 Å². The Morgan fingerprint density at radius 3 is 2.67 bits per heavy atom. The van der Waals surface area contributed by atoms with Crippen LogP contribution in [0.2, 0.25) is 0 Å². The highest BCUT2D eigenvalue weighted by atomic mass is 16.6. The molecule has 0 aromatic heterocycles. The number of benzene rings is 1. The summed E-state index contributed by atoms with van der Waals surface area (Å²) in [6, 6.07) is 4.02. The van der Waals surface area contributed by atoms with Gasteiger partial charge in [-0.05, 0) is 26.0 Å². The first-order chi connectivity index (χ1) is 9.80. The number of carbonyl (C=O) groups is 1. The molecule has 1 aromatic rings. The molecule has 4 N–H and O–H groups in total. The summed E-state index contributed by atoms with van der Waals surface area (Å²) in [5, 5.41) is 35.0. The second-order valence-electron chi connectivity index (χ2n) is 4.86. The molecule has 0 spiro atoms. The van der Waals surface area contributed by atoms with Crippen molar-refractivity contribution in [3.05, 3.63) is 33.9 Å². The van der Waals surface area contributed by atoms with Crippen molar-refractivity contribution >= 4 is 17.3 Å². The zero-order chi connectivity index (χ0) is 16.0. The van der Waals surface area contributed by atoms with Crippen LogP contribution in [0.5, 0.6) is 0 Å². The molecule has 0 saturated heterocycles. The Kier molecular flexibility index (Phi) is 5.62. The predicted octanol–water partition coefficient (Wildman–Crippen LogP) is 0.500. The van der Waals surface area contributed by atoms with Crippen LogP contribution in [0, 0.1) is 10.1 Å². The summed E-state index contributed by atoms with van der Waals surface area (Å²) in [7, 11) is 0. The number of anilines is 1. The van der Waals surface area contributed by atoms with Crippen molar-refractivity contribution in [1.82, 2.24) is 5.32 Å². The van der Waals surface area contributed by atoms with Crippen molar-refractivity contribution < 1.29 is 19.9 Å². The minimum atomic E-state index is -1.40. The summed E-state index contributed by atoms with van der Waals surface area (Å²) >= 11 is 0. The average molecular weight is 297 g/mol. The van der Waals surface area contributed by atoms with Crippen LogP contribution < -0.4 is 10.6 Å². The van der Waals surface area contributed by atoms with Gasteiger partial charge in [0, 0.05) is 24.7 Å². The number of nitrogens with zero attached hydrogens (tertiary/aromatic N) is 1. The van der Waals surface area contributed by atoms with E-state index in [-0.39, 0.29) is 23.5 Å². The van der Waals surface area contributed by atoms with Crippen LogP contribution in [-0.4, -0.2) is 46.3 Å². The summed E-state index contributed by atoms with van der Waals surface area (Å²) in [6.07, 6.45) is 0. The van der Waals surface area contributed by atoms with Gasteiger partial charge in [-0.2, -0.15) is 0 Å². The van der Waals surface area contributed by atoms with Gasteiger partial charge in [-0.1, -0.05) is 0 Å². The maximum Gasteiger partial charge on any atom is 0.293 e. The van der Waals surface area contributed by atoms with Gasteiger partial charge in [-0.3, -0.25) is 14.9 Å². The molecule has 0 fully saturated rings. The summed E-state index contributed by atoms with van der Waals surface area (Å²) in [5.74, 6) is -0.394. The normalized spacial score (nSPS) is 13.3. The molecular weight excluding hydrogens is 278 g/mol. The lowest BCUT2D eigenvalue weighted by Crippen LogP contribution is -2.37. The largest absolute Gasteiger partial charge is 0.393 e. The minimum absolute atomic E-state index is 0.0646. The molecule has 1 atom stereocenters. The van der Waals surface area contributed by atoms with Crippen LogP contribution in [0.3, 0.4) is 0 Å². The topological polar surface area (TPSA) is 125 Å². The van der Waals surface area contributed by atoms with Crippen LogP contribution in [0.15, 0.2) is 18.2 Å². The second-order valence-corrected chi connectivity index (χ2v) is 4.86. The highest BCUT2D eigenvalue weighted by molar-refractivity contribution is 5.95. The summed E-state index contributed by atoms with van der Waals surface area (Å²) in [5.41, 5.74) is -1.32. The third-order valence-corrected chi connectivity index (χ3v) is 2.79. The fourth-order valence-corrected chi connectivity index (χ4v) is 1.58. The first kappa shape index (κ1) is 16.9. The van der Waals surface area contributed by atoms with E-state index in [4.69, 9.17) is 5.11 Å². The Balaban J connectivity index is 3.00. The molecule has 1 amide bonds. The van der Waals surface area contributed by atoms with E-state index in [0.29, 0.717) is 6.54 Å². The lowest BCUT2D eigenvalue weighted by atomic mass is 10.1. The second kappa shape index (κ2) is 7.00. The van der Waals surface area contributed by atoms with Gasteiger partial charge in [0.15, 0.2) is 0 Å². The molecule has 8 heteroatoms. The number of hydrogen-bond acceptors (Lipinski definition) is 6. The first-order valence-corrected chi connectivity index (χ1v) is 6.44. The molecule has 1 rings (SSSR count). The van der Waals surface area contributed by atoms with E-state index in [9.17, 15) is 20.0 Å². The number of amides is 1. The van der Waals surface area contributed by atoms with E-state index in [0.717, 1.165) is 0 Å². The van der Waals surface area contributed by atoms with Crippen LogP contribution in [0.25, 0.3) is 0 Å².